The lowest BCUT2D eigenvalue weighted by atomic mass is 10.1. The molecule has 1 heterocycles. The van der Waals surface area contributed by atoms with Crippen LogP contribution in [0, 0.1) is 0 Å². The highest BCUT2D eigenvalue weighted by molar-refractivity contribution is 5.73. The summed E-state index contributed by atoms with van der Waals surface area (Å²) in [5.41, 5.74) is 4.61. The molecule has 2 aromatic rings. The highest BCUT2D eigenvalue weighted by Crippen LogP contribution is 2.24. The minimum atomic E-state index is -0.234. The molecular formula is C19H22N2O3. The van der Waals surface area contributed by atoms with Gasteiger partial charge in [-0.15, -0.1) is 0 Å². The van der Waals surface area contributed by atoms with Gasteiger partial charge < -0.3 is 9.64 Å². The molecular weight excluding hydrogens is 304 g/mol. The second kappa shape index (κ2) is 7.95. The van der Waals surface area contributed by atoms with Gasteiger partial charge in [-0.05, 0) is 18.1 Å². The van der Waals surface area contributed by atoms with E-state index in [0.717, 1.165) is 11.1 Å². The lowest BCUT2D eigenvalue weighted by molar-refractivity contribution is -0.0718. The number of carbonyl (C=O) groups excluding carboxylic acids is 1. The Bertz CT molecular complexity index is 648. The number of hydroxylamine groups is 1. The molecule has 0 spiro atoms. The summed E-state index contributed by atoms with van der Waals surface area (Å²) < 4.78 is 5.96. The van der Waals surface area contributed by atoms with Crippen LogP contribution < -0.4 is 5.48 Å². The first-order chi connectivity index (χ1) is 11.7. The van der Waals surface area contributed by atoms with Crippen molar-refractivity contribution in [2.45, 2.75) is 25.7 Å². The van der Waals surface area contributed by atoms with Gasteiger partial charge in [-0.2, -0.15) is 0 Å². The minimum absolute atomic E-state index is 0.0242. The van der Waals surface area contributed by atoms with Gasteiger partial charge in [-0.1, -0.05) is 60.7 Å². The zero-order valence-electron chi connectivity index (χ0n) is 13.7. The average Bonchev–Trinajstić information content (AvgIpc) is 2.63. The normalized spacial score (nSPS) is 20.6. The summed E-state index contributed by atoms with van der Waals surface area (Å²) in [5.74, 6) is 0. The molecule has 0 radical (unpaired) electrons. The van der Waals surface area contributed by atoms with Crippen LogP contribution in [0.15, 0.2) is 60.7 Å². The third kappa shape index (κ3) is 4.34. The number of nitrogens with zero attached hydrogens (tertiary/aromatic N) is 1. The van der Waals surface area contributed by atoms with E-state index in [2.05, 4.69) is 5.48 Å². The van der Waals surface area contributed by atoms with E-state index in [9.17, 15) is 4.79 Å². The van der Waals surface area contributed by atoms with Gasteiger partial charge in [0.2, 0.25) is 0 Å². The summed E-state index contributed by atoms with van der Waals surface area (Å²) in [4.78, 5) is 19.4. The van der Waals surface area contributed by atoms with E-state index < -0.39 is 0 Å². The molecule has 2 aromatic carbocycles. The number of ether oxygens (including phenoxy) is 1. The van der Waals surface area contributed by atoms with E-state index in [-0.39, 0.29) is 18.2 Å². The second-order valence-electron chi connectivity index (χ2n) is 5.93. The number of rotatable bonds is 4. The third-order valence-corrected chi connectivity index (χ3v) is 3.96. The molecule has 1 saturated heterocycles. The van der Waals surface area contributed by atoms with Gasteiger partial charge in [0.05, 0.1) is 19.3 Å². The van der Waals surface area contributed by atoms with Crippen LogP contribution in [0.2, 0.25) is 0 Å². The average molecular weight is 326 g/mol. The molecule has 126 valence electrons. The Morgan fingerprint density at radius 2 is 1.79 bits per heavy atom. The van der Waals surface area contributed by atoms with Crippen molar-refractivity contribution in [2.24, 2.45) is 0 Å². The van der Waals surface area contributed by atoms with Gasteiger partial charge in [0, 0.05) is 6.54 Å². The summed E-state index contributed by atoms with van der Waals surface area (Å²) >= 11 is 0. The Balaban J connectivity index is 1.54. The quantitative estimate of drug-likeness (QED) is 0.877. The first-order valence-corrected chi connectivity index (χ1v) is 8.13. The zero-order valence-corrected chi connectivity index (χ0v) is 13.7. The second-order valence-corrected chi connectivity index (χ2v) is 5.93. The number of hydrogen-bond acceptors (Lipinski definition) is 3. The smallest absolute Gasteiger partial charge is 0.341 e. The van der Waals surface area contributed by atoms with E-state index in [1.165, 1.54) is 0 Å². The maximum atomic E-state index is 12.3. The summed E-state index contributed by atoms with van der Waals surface area (Å²) in [6.45, 7) is 3.37. The van der Waals surface area contributed by atoms with Crippen molar-refractivity contribution >= 4 is 6.03 Å². The number of hydrogen-bond donors (Lipinski definition) is 1. The van der Waals surface area contributed by atoms with Crippen LogP contribution in [0.25, 0.3) is 0 Å². The fourth-order valence-electron chi connectivity index (χ4n) is 2.79. The van der Waals surface area contributed by atoms with Gasteiger partial charge in [0.25, 0.3) is 0 Å². The van der Waals surface area contributed by atoms with Crippen LogP contribution in [0.1, 0.15) is 24.2 Å². The molecule has 1 aliphatic heterocycles. The molecule has 5 nitrogen and oxygen atoms in total. The number of carbonyl (C=O) groups is 1. The van der Waals surface area contributed by atoms with Crippen molar-refractivity contribution in [1.82, 2.24) is 10.4 Å². The van der Waals surface area contributed by atoms with Crippen molar-refractivity contribution < 1.29 is 14.4 Å². The first-order valence-electron chi connectivity index (χ1n) is 8.13. The summed E-state index contributed by atoms with van der Waals surface area (Å²) in [6, 6.07) is 19.5. The molecule has 0 saturated carbocycles. The minimum Gasteiger partial charge on any atom is -0.367 e. The van der Waals surface area contributed by atoms with E-state index >= 15 is 0 Å². The highest BCUT2D eigenvalue weighted by atomic mass is 16.7. The topological polar surface area (TPSA) is 50.8 Å². The lowest BCUT2D eigenvalue weighted by Crippen LogP contribution is -2.49. The SMILES string of the molecule is C[C@@H]1CN(C(=O)NOCc2ccccc2)C[C@H](c2ccccc2)O1. The molecule has 1 aliphatic rings. The van der Waals surface area contributed by atoms with Crippen LogP contribution in [0.5, 0.6) is 0 Å². The van der Waals surface area contributed by atoms with Crippen molar-refractivity contribution in [1.29, 1.82) is 0 Å². The fourth-order valence-corrected chi connectivity index (χ4v) is 2.79. The van der Waals surface area contributed by atoms with Crippen LogP contribution in [-0.4, -0.2) is 30.1 Å². The number of nitrogens with one attached hydrogen (secondary N) is 1. The first kappa shape index (κ1) is 16.5. The Morgan fingerprint density at radius 1 is 1.12 bits per heavy atom. The molecule has 0 bridgehead atoms. The highest BCUT2D eigenvalue weighted by Gasteiger charge is 2.29. The predicted molar refractivity (Wildman–Crippen MR) is 91.1 cm³/mol. The lowest BCUT2D eigenvalue weighted by Gasteiger charge is -2.36. The molecule has 1 fully saturated rings. The van der Waals surface area contributed by atoms with Crippen molar-refractivity contribution in [3.05, 3.63) is 71.8 Å². The molecule has 24 heavy (non-hydrogen) atoms. The number of urea groups is 1. The van der Waals surface area contributed by atoms with Crippen LogP contribution in [0.4, 0.5) is 4.79 Å². The maximum Gasteiger partial charge on any atom is 0.341 e. The van der Waals surface area contributed by atoms with Crippen molar-refractivity contribution in [3.63, 3.8) is 0 Å². The third-order valence-electron chi connectivity index (χ3n) is 3.96. The Labute approximate surface area is 142 Å². The van der Waals surface area contributed by atoms with Gasteiger partial charge in [0.1, 0.15) is 6.10 Å². The van der Waals surface area contributed by atoms with E-state index in [1.54, 1.807) is 4.90 Å². The van der Waals surface area contributed by atoms with Crippen molar-refractivity contribution in [3.8, 4) is 0 Å². The van der Waals surface area contributed by atoms with Crippen LogP contribution in [0.3, 0.4) is 0 Å². The molecule has 3 rings (SSSR count). The number of benzene rings is 2. The van der Waals surface area contributed by atoms with Gasteiger partial charge >= 0.3 is 6.03 Å². The van der Waals surface area contributed by atoms with Crippen LogP contribution in [-0.2, 0) is 16.2 Å². The fraction of sp³-hybridized carbons (Fsp3) is 0.316. The monoisotopic (exact) mass is 326 g/mol. The molecule has 0 aromatic heterocycles. The predicted octanol–water partition coefficient (Wildman–Crippen LogP) is 3.29. The van der Waals surface area contributed by atoms with Gasteiger partial charge in [0.15, 0.2) is 0 Å². The molecule has 2 amide bonds. The zero-order chi connectivity index (χ0) is 16.8. The largest absolute Gasteiger partial charge is 0.367 e. The summed E-state index contributed by atoms with van der Waals surface area (Å²) in [6.07, 6.45) is -0.140. The van der Waals surface area contributed by atoms with Crippen LogP contribution >= 0.6 is 0 Å². The van der Waals surface area contributed by atoms with Crippen molar-refractivity contribution in [2.75, 3.05) is 13.1 Å². The number of morpholine rings is 1. The van der Waals surface area contributed by atoms with E-state index in [4.69, 9.17) is 9.57 Å². The molecule has 5 heteroatoms. The Morgan fingerprint density at radius 3 is 2.50 bits per heavy atom. The Kier molecular flexibility index (Phi) is 5.46. The summed E-state index contributed by atoms with van der Waals surface area (Å²) in [7, 11) is 0. The van der Waals surface area contributed by atoms with Gasteiger partial charge in [-0.25, -0.2) is 10.3 Å². The standard InChI is InChI=1S/C19H22N2O3/c1-15-12-21(13-18(24-15)17-10-6-3-7-11-17)19(22)20-23-14-16-8-4-2-5-9-16/h2-11,15,18H,12-14H2,1H3,(H,20,22)/t15-,18-/m1/s1. The molecule has 2 atom stereocenters. The summed E-state index contributed by atoms with van der Waals surface area (Å²) in [5, 5.41) is 0. The molecule has 0 aliphatic carbocycles. The maximum absolute atomic E-state index is 12.3. The van der Waals surface area contributed by atoms with E-state index in [1.807, 2.05) is 67.6 Å². The molecule has 1 N–H and O–H groups in total. The van der Waals surface area contributed by atoms with Gasteiger partial charge in [-0.3, -0.25) is 4.84 Å². The molecule has 0 unspecified atom stereocenters. The Hall–Kier alpha value is -2.37. The number of amides is 2. The van der Waals surface area contributed by atoms with E-state index in [0.29, 0.717) is 19.7 Å².